The van der Waals surface area contributed by atoms with Gasteiger partial charge in [0.05, 0.1) is 6.61 Å². The van der Waals surface area contributed by atoms with Crippen LogP contribution in [0.1, 0.15) is 6.92 Å². The molecule has 0 aliphatic carbocycles. The summed E-state index contributed by atoms with van der Waals surface area (Å²) in [4.78, 5) is 0. The van der Waals surface area contributed by atoms with Crippen molar-refractivity contribution in [1.82, 2.24) is 0 Å². The highest BCUT2D eigenvalue weighted by Crippen LogP contribution is 2.25. The van der Waals surface area contributed by atoms with E-state index in [-0.39, 0.29) is 5.75 Å². The number of benzene rings is 1. The van der Waals surface area contributed by atoms with Crippen molar-refractivity contribution in [2.24, 2.45) is 0 Å². The van der Waals surface area contributed by atoms with Gasteiger partial charge in [-0.15, -0.1) is 0 Å². The Labute approximate surface area is 94.7 Å². The van der Waals surface area contributed by atoms with Crippen LogP contribution in [0.25, 0.3) is 0 Å². The summed E-state index contributed by atoms with van der Waals surface area (Å²) in [6.45, 7) is 3.29. The van der Waals surface area contributed by atoms with Crippen molar-refractivity contribution in [3.8, 4) is 11.5 Å². The second-order valence-corrected chi connectivity index (χ2v) is 2.90. The van der Waals surface area contributed by atoms with Crippen molar-refractivity contribution >= 4 is 7.32 Å². The van der Waals surface area contributed by atoms with Crippen LogP contribution in [0.2, 0.25) is 0 Å². The molecule has 0 unspecified atom stereocenters. The van der Waals surface area contributed by atoms with E-state index in [0.717, 1.165) is 0 Å². The van der Waals surface area contributed by atoms with Crippen LogP contribution in [0.5, 0.6) is 11.5 Å². The molecule has 1 rings (SSSR count). The van der Waals surface area contributed by atoms with Gasteiger partial charge in [-0.3, -0.25) is 0 Å². The van der Waals surface area contributed by atoms with Crippen molar-refractivity contribution in [3.63, 3.8) is 0 Å². The van der Waals surface area contributed by atoms with Gasteiger partial charge in [0, 0.05) is 6.61 Å². The summed E-state index contributed by atoms with van der Waals surface area (Å²) >= 11 is 0. The van der Waals surface area contributed by atoms with Crippen LogP contribution in [0, 0.1) is 0 Å². The van der Waals surface area contributed by atoms with Crippen LogP contribution in [0.4, 0.5) is 0 Å². The molecule has 0 bridgehead atoms. The highest BCUT2D eigenvalue weighted by molar-refractivity contribution is 6.29. The summed E-state index contributed by atoms with van der Waals surface area (Å²) in [6, 6.07) is 6.53. The lowest BCUT2D eigenvalue weighted by molar-refractivity contribution is -0.372. The maximum atomic E-state index is 10.4. The molecule has 0 atom stereocenters. The van der Waals surface area contributed by atoms with Gasteiger partial charge in [0.2, 0.25) is 0 Å². The van der Waals surface area contributed by atoms with Gasteiger partial charge in [-0.05, 0) is 19.1 Å². The summed E-state index contributed by atoms with van der Waals surface area (Å²) in [5.41, 5.74) is 0. The molecule has 5 nitrogen and oxygen atoms in total. The number of rotatable bonds is 7. The molecule has 0 aliphatic rings. The molecule has 0 amide bonds. The van der Waals surface area contributed by atoms with E-state index in [9.17, 15) is 10.0 Å². The number of ether oxygens (including phenoxy) is 2. The Kier molecular flexibility index (Phi) is 5.70. The molecule has 1 aromatic rings. The Bertz CT molecular complexity index is 305. The number of hydrogen-bond acceptors (Lipinski definition) is 5. The lowest BCUT2D eigenvalue weighted by atomic mass is 10.2. The van der Waals surface area contributed by atoms with Crippen molar-refractivity contribution in [3.05, 3.63) is 24.3 Å². The minimum Gasteiger partial charge on any atom is -0.860 e. The quantitative estimate of drug-likeness (QED) is 0.447. The molecule has 0 aliphatic heterocycles. The zero-order chi connectivity index (χ0) is 11.8. The average Bonchev–Trinajstić information content (AvgIpc) is 2.26. The summed E-state index contributed by atoms with van der Waals surface area (Å²) in [7, 11) is -2.35. The third-order valence-electron chi connectivity index (χ3n) is 1.76. The van der Waals surface area contributed by atoms with Crippen LogP contribution in [0.3, 0.4) is 0 Å². The van der Waals surface area contributed by atoms with Crippen LogP contribution < -0.4 is 19.4 Å². The van der Waals surface area contributed by atoms with Crippen LogP contribution in [-0.4, -0.2) is 27.1 Å². The first-order valence-electron chi connectivity index (χ1n) is 5.02. The van der Waals surface area contributed by atoms with E-state index in [2.05, 4.69) is 4.65 Å². The molecule has 16 heavy (non-hydrogen) atoms. The molecule has 0 saturated heterocycles. The van der Waals surface area contributed by atoms with E-state index in [0.29, 0.717) is 25.6 Å². The van der Waals surface area contributed by atoms with Crippen molar-refractivity contribution in [2.45, 2.75) is 6.92 Å². The fourth-order valence-corrected chi connectivity index (χ4v) is 1.13. The third kappa shape index (κ3) is 4.52. The maximum absolute atomic E-state index is 10.4. The van der Waals surface area contributed by atoms with Gasteiger partial charge >= 0.3 is 0 Å². The molecule has 0 spiro atoms. The average molecular weight is 224 g/mol. The van der Waals surface area contributed by atoms with Crippen LogP contribution in [0.15, 0.2) is 24.3 Å². The van der Waals surface area contributed by atoms with Gasteiger partial charge < -0.3 is 24.2 Å². The highest BCUT2D eigenvalue weighted by Gasteiger charge is 2.02. The zero-order valence-corrected chi connectivity index (χ0v) is 9.05. The second kappa shape index (κ2) is 7.11. The first-order chi connectivity index (χ1) is 7.74. The van der Waals surface area contributed by atoms with Gasteiger partial charge in [0.1, 0.15) is 19.7 Å². The zero-order valence-electron chi connectivity index (χ0n) is 9.05. The topological polar surface area (TPSA) is 73.8 Å². The molecule has 0 heterocycles. The van der Waals surface area contributed by atoms with Crippen molar-refractivity contribution < 1.29 is 24.2 Å². The predicted molar refractivity (Wildman–Crippen MR) is 54.8 cm³/mol. The third-order valence-corrected chi connectivity index (χ3v) is 1.76. The lowest BCUT2D eigenvalue weighted by Crippen LogP contribution is -2.50. The monoisotopic (exact) mass is 224 g/mol. The minimum absolute atomic E-state index is 0.161. The Morgan fingerprint density at radius 2 is 1.81 bits per heavy atom. The van der Waals surface area contributed by atoms with Crippen molar-refractivity contribution in [2.75, 3.05) is 19.8 Å². The molecule has 0 fully saturated rings. The molecule has 88 valence electrons. The Balaban J connectivity index is 2.50. The maximum Gasteiger partial charge on any atom is 0.159 e. The van der Waals surface area contributed by atoms with E-state index in [1.165, 1.54) is 6.07 Å². The molecule has 6 heteroatoms. The Morgan fingerprint density at radius 1 is 1.12 bits per heavy atom. The second-order valence-electron chi connectivity index (χ2n) is 2.90. The van der Waals surface area contributed by atoms with Gasteiger partial charge in [-0.2, -0.15) is 0 Å². The van der Waals surface area contributed by atoms with E-state index in [1.807, 2.05) is 6.92 Å². The Morgan fingerprint density at radius 3 is 2.44 bits per heavy atom. The van der Waals surface area contributed by atoms with Crippen LogP contribution >= 0.6 is 0 Å². The summed E-state index contributed by atoms with van der Waals surface area (Å²) < 4.78 is 14.9. The first kappa shape index (κ1) is 12.8. The van der Waals surface area contributed by atoms with E-state index < -0.39 is 7.32 Å². The standard InChI is InChI=1S/C10H13BO5/c1-2-14-7-8-15-9-5-3-4-6-10(9)16-11(12)13/h3-6H,2,7-8H2,1H3/q-2. The van der Waals surface area contributed by atoms with E-state index in [1.54, 1.807) is 18.2 Å². The van der Waals surface area contributed by atoms with Crippen LogP contribution in [-0.2, 0) is 4.74 Å². The fourth-order valence-electron chi connectivity index (χ4n) is 1.13. The number of para-hydroxylation sites is 2. The summed E-state index contributed by atoms with van der Waals surface area (Å²) in [6.07, 6.45) is 0. The summed E-state index contributed by atoms with van der Waals surface area (Å²) in [5, 5.41) is 20.7. The van der Waals surface area contributed by atoms with Gasteiger partial charge in [-0.1, -0.05) is 12.1 Å². The molecular formula is C10H13BO5-2. The summed E-state index contributed by atoms with van der Waals surface area (Å²) in [5.74, 6) is 0.535. The molecule has 0 saturated carbocycles. The fraction of sp³-hybridized carbons (Fsp3) is 0.400. The largest absolute Gasteiger partial charge is 0.860 e. The SMILES string of the molecule is CCOCCOc1ccccc1OB([O-])[O-]. The van der Waals surface area contributed by atoms with E-state index >= 15 is 0 Å². The normalized spacial score (nSPS) is 9.94. The molecule has 1 aromatic carbocycles. The van der Waals surface area contributed by atoms with Gasteiger partial charge in [0.25, 0.3) is 0 Å². The minimum atomic E-state index is -2.35. The molecule has 0 aromatic heterocycles. The smallest absolute Gasteiger partial charge is 0.159 e. The molecule has 0 N–H and O–H groups in total. The highest BCUT2D eigenvalue weighted by atomic mass is 16.6. The predicted octanol–water partition coefficient (Wildman–Crippen LogP) is -0.814. The molecular weight excluding hydrogens is 211 g/mol. The van der Waals surface area contributed by atoms with Crippen molar-refractivity contribution in [1.29, 1.82) is 0 Å². The van der Waals surface area contributed by atoms with Gasteiger partial charge in [0.15, 0.2) is 5.75 Å². The molecule has 0 radical (unpaired) electrons. The Hall–Kier alpha value is -1.24. The van der Waals surface area contributed by atoms with Gasteiger partial charge in [-0.25, -0.2) is 0 Å². The number of hydrogen-bond donors (Lipinski definition) is 0. The lowest BCUT2D eigenvalue weighted by Gasteiger charge is -2.27. The first-order valence-corrected chi connectivity index (χ1v) is 5.02. The van der Waals surface area contributed by atoms with E-state index in [4.69, 9.17) is 9.47 Å².